The van der Waals surface area contributed by atoms with Gasteiger partial charge in [-0.15, -0.1) is 0 Å². The zero-order valence-corrected chi connectivity index (χ0v) is 25.3. The fraction of sp³-hybridized carbons (Fsp3) is 0. The molecule has 6 aromatic carbocycles. The molecule has 1 aliphatic heterocycles. The van der Waals surface area contributed by atoms with Crippen molar-refractivity contribution in [3.05, 3.63) is 161 Å². The highest BCUT2D eigenvalue weighted by Gasteiger charge is 2.30. The molecule has 0 aliphatic carbocycles. The third-order valence-electron chi connectivity index (χ3n) is 9.31. The summed E-state index contributed by atoms with van der Waals surface area (Å²) in [5, 5.41) is 3.57. The lowest BCUT2D eigenvalue weighted by atomic mass is 10.0. The number of rotatable bonds is 3. The van der Waals surface area contributed by atoms with Crippen LogP contribution in [0.5, 0.6) is 0 Å². The second-order valence-electron chi connectivity index (χ2n) is 12.0. The summed E-state index contributed by atoms with van der Waals surface area (Å²) in [6.07, 6.45) is 0. The average molecular weight is 618 g/mol. The maximum Gasteiger partial charge on any atom is 0.266 e. The third kappa shape index (κ3) is 3.72. The van der Waals surface area contributed by atoms with E-state index in [4.69, 9.17) is 9.97 Å². The van der Waals surface area contributed by atoms with E-state index in [1.165, 1.54) is 4.57 Å². The smallest absolute Gasteiger partial charge is 0.266 e. The number of hydrogen-bond donors (Lipinski definition) is 0. The van der Waals surface area contributed by atoms with Crippen LogP contribution in [0.1, 0.15) is 16.2 Å². The van der Waals surface area contributed by atoms with Gasteiger partial charge in [-0.3, -0.25) is 18.7 Å². The summed E-state index contributed by atoms with van der Waals surface area (Å²) in [7, 11) is 0. The number of fused-ring (bicyclic) bond motifs is 8. The normalized spacial score (nSPS) is 12.3. The van der Waals surface area contributed by atoms with Crippen molar-refractivity contribution in [1.82, 2.24) is 24.1 Å². The van der Waals surface area contributed by atoms with Gasteiger partial charge in [0.2, 0.25) is 11.7 Å². The van der Waals surface area contributed by atoms with Gasteiger partial charge >= 0.3 is 0 Å². The van der Waals surface area contributed by atoms with Crippen LogP contribution < -0.4 is 5.56 Å². The first kappa shape index (κ1) is 26.5. The molecule has 0 fully saturated rings. The van der Waals surface area contributed by atoms with E-state index in [-0.39, 0.29) is 17.2 Å². The molecule has 3 aromatic heterocycles. The first-order chi connectivity index (χ1) is 23.6. The molecule has 224 valence electrons. The zero-order chi connectivity index (χ0) is 31.9. The van der Waals surface area contributed by atoms with Crippen molar-refractivity contribution in [2.75, 3.05) is 0 Å². The third-order valence-corrected chi connectivity index (χ3v) is 9.31. The summed E-state index contributed by atoms with van der Waals surface area (Å²) in [4.78, 5) is 41.7. The van der Waals surface area contributed by atoms with Gasteiger partial charge < -0.3 is 0 Å². The summed E-state index contributed by atoms with van der Waals surface area (Å²) in [6.45, 7) is 0. The Morgan fingerprint density at radius 3 is 2.00 bits per heavy atom. The van der Waals surface area contributed by atoms with E-state index in [0.29, 0.717) is 28.1 Å². The SMILES string of the molecule is O=C1c2ccccc2-n2c1nc1ccc(-c3ccc4c(c3)c3ccccc3n4-c3nc(-c4ccccc4)c4ccccc4n3)cc1c2=O. The molecular formula is C41H23N5O2. The van der Waals surface area contributed by atoms with Crippen LogP contribution in [0.3, 0.4) is 0 Å². The predicted octanol–water partition coefficient (Wildman–Crippen LogP) is 8.30. The molecule has 4 heterocycles. The Kier molecular flexibility index (Phi) is 5.45. The Bertz CT molecular complexity index is 2890. The van der Waals surface area contributed by atoms with Gasteiger partial charge in [0.15, 0.2) is 5.82 Å². The molecule has 0 spiro atoms. The van der Waals surface area contributed by atoms with Crippen LogP contribution in [0.25, 0.3) is 77.6 Å². The number of para-hydroxylation sites is 3. The highest BCUT2D eigenvalue weighted by atomic mass is 16.1. The van der Waals surface area contributed by atoms with E-state index >= 15 is 0 Å². The molecule has 0 unspecified atom stereocenters. The lowest BCUT2D eigenvalue weighted by molar-refractivity contribution is 0.103. The fourth-order valence-electron chi connectivity index (χ4n) is 7.07. The number of ketones is 1. The Labute approximate surface area is 273 Å². The first-order valence-electron chi connectivity index (χ1n) is 15.7. The Balaban J connectivity index is 1.17. The van der Waals surface area contributed by atoms with Crippen LogP contribution in [0.2, 0.25) is 0 Å². The molecular weight excluding hydrogens is 594 g/mol. The number of carbonyl (C=O) groups excluding carboxylic acids is 1. The van der Waals surface area contributed by atoms with E-state index in [9.17, 15) is 9.59 Å². The van der Waals surface area contributed by atoms with Gasteiger partial charge in [0.05, 0.1) is 44.4 Å². The predicted molar refractivity (Wildman–Crippen MR) is 189 cm³/mol. The van der Waals surface area contributed by atoms with Crippen LogP contribution in [-0.2, 0) is 0 Å². The van der Waals surface area contributed by atoms with Gasteiger partial charge in [-0.2, -0.15) is 0 Å². The Morgan fingerprint density at radius 1 is 0.458 bits per heavy atom. The number of carbonyl (C=O) groups is 1. The van der Waals surface area contributed by atoms with Crippen LogP contribution >= 0.6 is 0 Å². The Hall–Kier alpha value is -6.73. The summed E-state index contributed by atoms with van der Waals surface area (Å²) >= 11 is 0. The van der Waals surface area contributed by atoms with E-state index in [1.54, 1.807) is 18.2 Å². The van der Waals surface area contributed by atoms with Crippen molar-refractivity contribution in [3.63, 3.8) is 0 Å². The summed E-state index contributed by atoms with van der Waals surface area (Å²) in [6, 6.07) is 45.7. The van der Waals surface area contributed by atoms with Crippen molar-refractivity contribution >= 4 is 49.4 Å². The van der Waals surface area contributed by atoms with Gasteiger partial charge in [-0.1, -0.05) is 91.0 Å². The van der Waals surface area contributed by atoms with Crippen LogP contribution in [0.15, 0.2) is 144 Å². The topological polar surface area (TPSA) is 82.7 Å². The highest BCUT2D eigenvalue weighted by Crippen LogP contribution is 2.36. The number of hydrogen-bond acceptors (Lipinski definition) is 5. The molecule has 0 bridgehead atoms. The van der Waals surface area contributed by atoms with Gasteiger partial charge in [-0.25, -0.2) is 15.0 Å². The number of benzene rings is 6. The van der Waals surface area contributed by atoms with E-state index in [1.807, 2.05) is 72.8 Å². The summed E-state index contributed by atoms with van der Waals surface area (Å²) in [5.74, 6) is 0.517. The molecule has 7 heteroatoms. The second kappa shape index (κ2) is 9.88. The molecule has 0 saturated carbocycles. The largest absolute Gasteiger partial charge is 0.285 e. The summed E-state index contributed by atoms with van der Waals surface area (Å²) < 4.78 is 3.57. The van der Waals surface area contributed by atoms with Crippen molar-refractivity contribution in [2.24, 2.45) is 0 Å². The zero-order valence-electron chi connectivity index (χ0n) is 25.3. The molecule has 0 N–H and O–H groups in total. The lowest BCUT2D eigenvalue weighted by Crippen LogP contribution is -2.21. The van der Waals surface area contributed by atoms with Gasteiger partial charge in [0.1, 0.15) is 0 Å². The number of aromatic nitrogens is 5. The molecule has 0 radical (unpaired) electrons. The quantitative estimate of drug-likeness (QED) is 0.199. The fourth-order valence-corrected chi connectivity index (χ4v) is 7.07. The Morgan fingerprint density at radius 2 is 1.12 bits per heavy atom. The number of nitrogens with zero attached hydrogens (tertiary/aromatic N) is 5. The standard InChI is InChI=1S/C41H23N5O2/c47-38-29-14-6-9-17-35(29)46-39(38)42-33-20-18-25(23-31(33)40(46)48)26-19-21-36-30(22-26)27-12-5-8-16-34(27)45(36)41-43-32-15-7-4-13-28(32)37(44-41)24-10-2-1-3-11-24/h1-23H. The second-order valence-corrected chi connectivity index (χ2v) is 12.0. The van der Waals surface area contributed by atoms with Crippen molar-refractivity contribution in [1.29, 1.82) is 0 Å². The van der Waals surface area contributed by atoms with Gasteiger partial charge in [0.25, 0.3) is 5.56 Å². The maximum atomic E-state index is 13.8. The molecule has 1 aliphatic rings. The van der Waals surface area contributed by atoms with Crippen LogP contribution in [0.4, 0.5) is 0 Å². The molecule has 0 amide bonds. The minimum Gasteiger partial charge on any atom is -0.285 e. The van der Waals surface area contributed by atoms with Crippen molar-refractivity contribution in [3.8, 4) is 34.0 Å². The lowest BCUT2D eigenvalue weighted by Gasteiger charge is -2.12. The molecule has 9 aromatic rings. The highest BCUT2D eigenvalue weighted by molar-refractivity contribution is 6.13. The van der Waals surface area contributed by atoms with Crippen molar-refractivity contribution in [2.45, 2.75) is 0 Å². The first-order valence-corrected chi connectivity index (χ1v) is 15.7. The minimum absolute atomic E-state index is 0.155. The van der Waals surface area contributed by atoms with Gasteiger partial charge in [-0.05, 0) is 59.7 Å². The minimum atomic E-state index is -0.254. The molecule has 10 rings (SSSR count). The van der Waals surface area contributed by atoms with Crippen molar-refractivity contribution < 1.29 is 4.79 Å². The van der Waals surface area contributed by atoms with Gasteiger partial charge in [0, 0.05) is 21.7 Å². The molecule has 0 atom stereocenters. The van der Waals surface area contributed by atoms with Crippen LogP contribution in [0, 0.1) is 0 Å². The molecule has 0 saturated heterocycles. The van der Waals surface area contributed by atoms with E-state index in [2.05, 4.69) is 58.1 Å². The van der Waals surface area contributed by atoms with E-state index in [0.717, 1.165) is 55.1 Å². The molecule has 48 heavy (non-hydrogen) atoms. The van der Waals surface area contributed by atoms with E-state index < -0.39 is 0 Å². The van der Waals surface area contributed by atoms with Crippen LogP contribution in [-0.4, -0.2) is 29.9 Å². The monoisotopic (exact) mass is 617 g/mol. The summed E-state index contributed by atoms with van der Waals surface area (Å²) in [5.41, 5.74) is 7.90. The maximum absolute atomic E-state index is 13.8. The molecule has 7 nitrogen and oxygen atoms in total. The average Bonchev–Trinajstić information content (AvgIpc) is 3.63.